The summed E-state index contributed by atoms with van der Waals surface area (Å²) in [6.07, 6.45) is 0.973. The van der Waals surface area contributed by atoms with Crippen molar-refractivity contribution in [3.8, 4) is 5.75 Å². The molecule has 4 heteroatoms. The van der Waals surface area contributed by atoms with Crippen molar-refractivity contribution >= 4 is 27.5 Å². The molecule has 0 spiro atoms. The highest BCUT2D eigenvalue weighted by Gasteiger charge is 2.50. The van der Waals surface area contributed by atoms with Crippen molar-refractivity contribution in [1.82, 2.24) is 0 Å². The third-order valence-corrected chi connectivity index (χ3v) is 4.21. The van der Waals surface area contributed by atoms with Gasteiger partial charge in [0, 0.05) is 22.5 Å². The molecule has 19 heavy (non-hydrogen) atoms. The molecule has 0 saturated heterocycles. The summed E-state index contributed by atoms with van der Waals surface area (Å²) in [5.74, 6) is 1.13. The van der Waals surface area contributed by atoms with Gasteiger partial charge in [-0.15, -0.1) is 0 Å². The van der Waals surface area contributed by atoms with Crippen LogP contribution < -0.4 is 10.1 Å². The SMILES string of the molecule is CCOc1ccc(NC(=O)C2CC2(C)C)cc1CBr. The third kappa shape index (κ3) is 3.30. The van der Waals surface area contributed by atoms with Gasteiger partial charge in [-0.1, -0.05) is 29.8 Å². The number of hydrogen-bond acceptors (Lipinski definition) is 2. The van der Waals surface area contributed by atoms with E-state index in [1.807, 2.05) is 25.1 Å². The first-order valence-electron chi connectivity index (χ1n) is 6.60. The standard InChI is InChI=1S/C15H20BrNO2/c1-4-19-13-6-5-11(7-10(13)9-16)17-14(18)12-8-15(12,2)3/h5-7,12H,4,8-9H2,1-3H3,(H,17,18). The number of hydrogen-bond donors (Lipinski definition) is 1. The molecule has 1 aliphatic carbocycles. The summed E-state index contributed by atoms with van der Waals surface area (Å²) in [7, 11) is 0. The quantitative estimate of drug-likeness (QED) is 0.832. The number of ether oxygens (including phenoxy) is 1. The highest BCUT2D eigenvalue weighted by molar-refractivity contribution is 9.08. The maximum absolute atomic E-state index is 12.0. The maximum Gasteiger partial charge on any atom is 0.228 e. The van der Waals surface area contributed by atoms with Crippen molar-refractivity contribution in [2.24, 2.45) is 11.3 Å². The largest absolute Gasteiger partial charge is 0.494 e. The van der Waals surface area contributed by atoms with Crippen LogP contribution in [0.4, 0.5) is 5.69 Å². The lowest BCUT2D eigenvalue weighted by atomic mass is 10.1. The summed E-state index contributed by atoms with van der Waals surface area (Å²) in [5, 5.41) is 3.70. The molecule has 1 N–H and O–H groups in total. The summed E-state index contributed by atoms with van der Waals surface area (Å²) in [6.45, 7) is 6.85. The van der Waals surface area contributed by atoms with E-state index in [0.29, 0.717) is 11.9 Å². The van der Waals surface area contributed by atoms with E-state index >= 15 is 0 Å². The van der Waals surface area contributed by atoms with Gasteiger partial charge in [0.1, 0.15) is 5.75 Å². The van der Waals surface area contributed by atoms with Crippen molar-refractivity contribution in [2.75, 3.05) is 11.9 Å². The fraction of sp³-hybridized carbons (Fsp3) is 0.533. The first-order valence-corrected chi connectivity index (χ1v) is 7.72. The smallest absolute Gasteiger partial charge is 0.228 e. The average molecular weight is 326 g/mol. The van der Waals surface area contributed by atoms with E-state index in [1.165, 1.54) is 0 Å². The Morgan fingerprint density at radius 3 is 2.74 bits per heavy atom. The van der Waals surface area contributed by atoms with Crippen LogP contribution in [0.3, 0.4) is 0 Å². The van der Waals surface area contributed by atoms with Crippen LogP contribution in [-0.2, 0) is 10.1 Å². The second-order valence-electron chi connectivity index (χ2n) is 5.62. The zero-order chi connectivity index (χ0) is 14.0. The molecule has 1 aromatic rings. The summed E-state index contributed by atoms with van der Waals surface area (Å²) >= 11 is 3.45. The Hall–Kier alpha value is -1.03. The van der Waals surface area contributed by atoms with E-state index in [4.69, 9.17) is 4.74 Å². The Kier molecular flexibility index (Phi) is 4.19. The fourth-order valence-electron chi connectivity index (χ4n) is 2.20. The molecular weight excluding hydrogens is 306 g/mol. The molecule has 0 radical (unpaired) electrons. The van der Waals surface area contributed by atoms with Gasteiger partial charge in [-0.3, -0.25) is 4.79 Å². The van der Waals surface area contributed by atoms with E-state index in [-0.39, 0.29) is 17.2 Å². The molecule has 0 bridgehead atoms. The van der Waals surface area contributed by atoms with Crippen LogP contribution in [0.5, 0.6) is 5.75 Å². The molecule has 3 nitrogen and oxygen atoms in total. The van der Waals surface area contributed by atoms with E-state index in [0.717, 1.165) is 23.4 Å². The zero-order valence-corrected chi connectivity index (χ0v) is 13.2. The minimum Gasteiger partial charge on any atom is -0.494 e. The summed E-state index contributed by atoms with van der Waals surface area (Å²) in [5.41, 5.74) is 2.05. The second-order valence-corrected chi connectivity index (χ2v) is 6.18. The van der Waals surface area contributed by atoms with Crippen LogP contribution in [0.25, 0.3) is 0 Å². The topological polar surface area (TPSA) is 38.3 Å². The molecular formula is C15H20BrNO2. The molecule has 1 aromatic carbocycles. The maximum atomic E-state index is 12.0. The molecule has 1 atom stereocenters. The first kappa shape index (κ1) is 14.4. The predicted molar refractivity (Wildman–Crippen MR) is 80.8 cm³/mol. The number of amides is 1. The normalized spacial score (nSPS) is 19.9. The van der Waals surface area contributed by atoms with Gasteiger partial charge in [0.2, 0.25) is 5.91 Å². The Labute approximate surface area is 122 Å². The average Bonchev–Trinajstić information content (AvgIpc) is 3.01. The first-order chi connectivity index (χ1) is 8.97. The molecule has 1 unspecified atom stereocenters. The van der Waals surface area contributed by atoms with Gasteiger partial charge in [0.15, 0.2) is 0 Å². The van der Waals surface area contributed by atoms with E-state index in [9.17, 15) is 4.79 Å². The summed E-state index contributed by atoms with van der Waals surface area (Å²) in [4.78, 5) is 12.0. The van der Waals surface area contributed by atoms with Crippen molar-refractivity contribution in [3.63, 3.8) is 0 Å². The number of benzene rings is 1. The molecule has 0 aromatic heterocycles. The summed E-state index contributed by atoms with van der Waals surface area (Å²) < 4.78 is 5.54. The lowest BCUT2D eigenvalue weighted by Crippen LogP contribution is -2.16. The minimum atomic E-state index is 0.120. The van der Waals surface area contributed by atoms with Gasteiger partial charge in [0.05, 0.1) is 6.61 Å². The number of nitrogens with one attached hydrogen (secondary N) is 1. The number of alkyl halides is 1. The van der Waals surface area contributed by atoms with Crippen LogP contribution in [-0.4, -0.2) is 12.5 Å². The predicted octanol–water partition coefficient (Wildman–Crippen LogP) is 3.96. The Morgan fingerprint density at radius 2 is 2.21 bits per heavy atom. The highest BCUT2D eigenvalue weighted by Crippen LogP contribution is 2.52. The summed E-state index contributed by atoms with van der Waals surface area (Å²) in [6, 6.07) is 5.77. The highest BCUT2D eigenvalue weighted by atomic mass is 79.9. The lowest BCUT2D eigenvalue weighted by molar-refractivity contribution is -0.118. The molecule has 1 aliphatic rings. The number of rotatable bonds is 5. The Balaban J connectivity index is 2.07. The molecule has 0 heterocycles. The third-order valence-electron chi connectivity index (χ3n) is 3.60. The molecule has 1 saturated carbocycles. The van der Waals surface area contributed by atoms with E-state index in [2.05, 4.69) is 35.1 Å². The van der Waals surface area contributed by atoms with Crippen molar-refractivity contribution in [2.45, 2.75) is 32.5 Å². The number of carbonyl (C=O) groups is 1. The molecule has 1 fully saturated rings. The number of halogens is 1. The van der Waals surface area contributed by atoms with Crippen LogP contribution in [0.15, 0.2) is 18.2 Å². The van der Waals surface area contributed by atoms with Gasteiger partial charge in [-0.05, 0) is 37.0 Å². The van der Waals surface area contributed by atoms with Gasteiger partial charge in [-0.25, -0.2) is 0 Å². The van der Waals surface area contributed by atoms with Gasteiger partial charge in [-0.2, -0.15) is 0 Å². The Bertz CT molecular complexity index is 485. The fourth-order valence-corrected chi connectivity index (χ4v) is 2.64. The van der Waals surface area contributed by atoms with Crippen molar-refractivity contribution in [1.29, 1.82) is 0 Å². The molecule has 1 amide bonds. The van der Waals surface area contributed by atoms with Crippen LogP contribution in [0.2, 0.25) is 0 Å². The van der Waals surface area contributed by atoms with Crippen LogP contribution in [0, 0.1) is 11.3 Å². The molecule has 2 rings (SSSR count). The van der Waals surface area contributed by atoms with Crippen LogP contribution in [0.1, 0.15) is 32.8 Å². The number of anilines is 1. The van der Waals surface area contributed by atoms with Crippen molar-refractivity contribution in [3.05, 3.63) is 23.8 Å². The van der Waals surface area contributed by atoms with Gasteiger partial charge < -0.3 is 10.1 Å². The Morgan fingerprint density at radius 1 is 1.53 bits per heavy atom. The van der Waals surface area contributed by atoms with E-state index < -0.39 is 0 Å². The lowest BCUT2D eigenvalue weighted by Gasteiger charge is -2.11. The number of carbonyl (C=O) groups excluding carboxylic acids is 1. The monoisotopic (exact) mass is 325 g/mol. The molecule has 104 valence electrons. The zero-order valence-electron chi connectivity index (χ0n) is 11.6. The minimum absolute atomic E-state index is 0.120. The van der Waals surface area contributed by atoms with Gasteiger partial charge >= 0.3 is 0 Å². The van der Waals surface area contributed by atoms with Crippen molar-refractivity contribution < 1.29 is 9.53 Å². The van der Waals surface area contributed by atoms with Gasteiger partial charge in [0.25, 0.3) is 0 Å². The van der Waals surface area contributed by atoms with E-state index in [1.54, 1.807) is 0 Å². The van der Waals surface area contributed by atoms with Crippen LogP contribution >= 0.6 is 15.9 Å². The second kappa shape index (κ2) is 5.53. The molecule has 0 aliphatic heterocycles.